The van der Waals surface area contributed by atoms with Crippen molar-refractivity contribution >= 4 is 5.91 Å². The van der Waals surface area contributed by atoms with Gasteiger partial charge < -0.3 is 5.32 Å². The summed E-state index contributed by atoms with van der Waals surface area (Å²) in [4.78, 5) is 12.3. The maximum Gasteiger partial charge on any atom is 0.283 e. The Morgan fingerprint density at radius 2 is 1.96 bits per heavy atom. The van der Waals surface area contributed by atoms with E-state index >= 15 is 0 Å². The van der Waals surface area contributed by atoms with E-state index in [0.717, 1.165) is 12.0 Å². The van der Waals surface area contributed by atoms with Gasteiger partial charge in [-0.15, -0.1) is 0 Å². The van der Waals surface area contributed by atoms with Crippen LogP contribution < -0.4 is 5.32 Å². The zero-order valence-corrected chi connectivity index (χ0v) is 12.9. The molecule has 1 unspecified atom stereocenters. The zero-order valence-electron chi connectivity index (χ0n) is 12.9. The third-order valence-corrected chi connectivity index (χ3v) is 3.52. The molecule has 0 aliphatic rings. The minimum Gasteiger partial charge on any atom is -0.345 e. The Bertz CT molecular complexity index is 671. The van der Waals surface area contributed by atoms with E-state index in [2.05, 4.69) is 10.4 Å². The Morgan fingerprint density at radius 1 is 1.30 bits per heavy atom. The molecule has 0 aliphatic heterocycles. The number of nitrogens with one attached hydrogen (secondary N) is 1. The van der Waals surface area contributed by atoms with Crippen LogP contribution in [0.4, 0.5) is 13.2 Å². The number of hydrogen-bond acceptors (Lipinski definition) is 2. The van der Waals surface area contributed by atoms with Crippen LogP contribution in [0, 0.1) is 5.95 Å². The maximum absolute atomic E-state index is 14.0. The topological polar surface area (TPSA) is 46.9 Å². The molecule has 1 heterocycles. The molecule has 124 valence electrons. The molecule has 0 bridgehead atoms. The molecular formula is C16H18F3N3O. The number of hydrogen-bond donors (Lipinski definition) is 1. The number of aryl methyl sites for hydroxylation is 1. The SMILES string of the molecule is CCCC(NC(=O)c1c(C(F)F)nn(C)c1F)c1ccccc1. The van der Waals surface area contributed by atoms with Crippen molar-refractivity contribution in [1.82, 2.24) is 15.1 Å². The quantitative estimate of drug-likeness (QED) is 0.879. The average Bonchev–Trinajstić information content (AvgIpc) is 2.83. The number of nitrogens with zero attached hydrogens (tertiary/aromatic N) is 2. The molecule has 7 heteroatoms. The van der Waals surface area contributed by atoms with Gasteiger partial charge in [0.25, 0.3) is 12.3 Å². The van der Waals surface area contributed by atoms with Crippen molar-refractivity contribution in [1.29, 1.82) is 0 Å². The first kappa shape index (κ1) is 17.1. The number of benzene rings is 1. The second kappa shape index (κ2) is 7.30. The first-order valence-electron chi connectivity index (χ1n) is 7.32. The summed E-state index contributed by atoms with van der Waals surface area (Å²) < 4.78 is 40.6. The van der Waals surface area contributed by atoms with Crippen molar-refractivity contribution in [2.75, 3.05) is 0 Å². The smallest absolute Gasteiger partial charge is 0.283 e. The molecule has 4 nitrogen and oxygen atoms in total. The van der Waals surface area contributed by atoms with Crippen LogP contribution >= 0.6 is 0 Å². The van der Waals surface area contributed by atoms with Gasteiger partial charge in [-0.05, 0) is 12.0 Å². The zero-order chi connectivity index (χ0) is 17.0. The van der Waals surface area contributed by atoms with E-state index in [-0.39, 0.29) is 6.04 Å². The Labute approximate surface area is 132 Å². The Balaban J connectivity index is 2.30. The molecule has 0 saturated carbocycles. The van der Waals surface area contributed by atoms with Crippen LogP contribution in [0.15, 0.2) is 30.3 Å². The van der Waals surface area contributed by atoms with Crippen LogP contribution in [0.5, 0.6) is 0 Å². The van der Waals surface area contributed by atoms with Gasteiger partial charge in [0.05, 0.1) is 6.04 Å². The summed E-state index contributed by atoms with van der Waals surface area (Å²) in [5.74, 6) is -1.95. The molecule has 1 aromatic heterocycles. The fourth-order valence-electron chi connectivity index (χ4n) is 2.41. The van der Waals surface area contributed by atoms with E-state index < -0.39 is 29.5 Å². The third kappa shape index (κ3) is 3.72. The van der Waals surface area contributed by atoms with Crippen molar-refractivity contribution < 1.29 is 18.0 Å². The van der Waals surface area contributed by atoms with Crippen LogP contribution in [0.3, 0.4) is 0 Å². The Kier molecular flexibility index (Phi) is 5.41. The standard InChI is InChI=1S/C16H18F3N3O/c1-3-7-11(10-8-5-4-6-9-10)20-16(23)12-13(14(17)18)21-22(2)15(12)19/h4-6,8-9,11,14H,3,7H2,1-2H3,(H,20,23). The summed E-state index contributed by atoms with van der Waals surface area (Å²) in [6, 6.07) is 8.75. The molecule has 0 saturated heterocycles. The van der Waals surface area contributed by atoms with Crippen molar-refractivity contribution in [2.24, 2.45) is 7.05 Å². The molecule has 0 spiro atoms. The summed E-state index contributed by atoms with van der Waals surface area (Å²) in [6.45, 7) is 1.94. The lowest BCUT2D eigenvalue weighted by atomic mass is 10.0. The van der Waals surface area contributed by atoms with Crippen LogP contribution in [0.1, 0.15) is 53.8 Å². The summed E-state index contributed by atoms with van der Waals surface area (Å²) in [7, 11) is 1.18. The second-order valence-corrected chi connectivity index (χ2v) is 5.20. The van der Waals surface area contributed by atoms with Crippen molar-refractivity contribution in [3.05, 3.63) is 53.1 Å². The van der Waals surface area contributed by atoms with Crippen molar-refractivity contribution in [2.45, 2.75) is 32.2 Å². The van der Waals surface area contributed by atoms with Gasteiger partial charge in [0, 0.05) is 7.05 Å². The van der Waals surface area contributed by atoms with Crippen molar-refractivity contribution in [3.63, 3.8) is 0 Å². The van der Waals surface area contributed by atoms with Gasteiger partial charge in [0.2, 0.25) is 5.95 Å². The number of aromatic nitrogens is 2. The van der Waals surface area contributed by atoms with E-state index in [9.17, 15) is 18.0 Å². The number of alkyl halides is 2. The van der Waals surface area contributed by atoms with Gasteiger partial charge in [-0.1, -0.05) is 43.7 Å². The molecule has 1 amide bonds. The Hall–Kier alpha value is -2.31. The largest absolute Gasteiger partial charge is 0.345 e. The molecule has 2 aromatic rings. The minimum absolute atomic E-state index is 0.376. The molecule has 23 heavy (non-hydrogen) atoms. The highest BCUT2D eigenvalue weighted by Crippen LogP contribution is 2.25. The maximum atomic E-state index is 14.0. The van der Waals surface area contributed by atoms with E-state index in [0.29, 0.717) is 11.1 Å². The van der Waals surface area contributed by atoms with Gasteiger partial charge in [0.1, 0.15) is 11.3 Å². The molecule has 0 aliphatic carbocycles. The molecule has 2 rings (SSSR count). The number of amides is 1. The fourth-order valence-corrected chi connectivity index (χ4v) is 2.41. The lowest BCUT2D eigenvalue weighted by Gasteiger charge is -2.18. The normalized spacial score (nSPS) is 12.4. The summed E-state index contributed by atoms with van der Waals surface area (Å²) in [6.07, 6.45) is -1.63. The van der Waals surface area contributed by atoms with Gasteiger partial charge in [-0.25, -0.2) is 13.5 Å². The fraction of sp³-hybridized carbons (Fsp3) is 0.375. The molecule has 1 aromatic carbocycles. The predicted octanol–water partition coefficient (Wildman–Crippen LogP) is 3.77. The molecule has 0 radical (unpaired) electrons. The van der Waals surface area contributed by atoms with Gasteiger partial charge >= 0.3 is 0 Å². The molecule has 1 atom stereocenters. The number of carbonyl (C=O) groups is 1. The first-order chi connectivity index (χ1) is 11.0. The van der Waals surface area contributed by atoms with Crippen molar-refractivity contribution in [3.8, 4) is 0 Å². The van der Waals surface area contributed by atoms with Gasteiger partial charge in [0.15, 0.2) is 0 Å². The predicted molar refractivity (Wildman–Crippen MR) is 79.7 cm³/mol. The van der Waals surface area contributed by atoms with Crippen LogP contribution in [0.2, 0.25) is 0 Å². The molecule has 1 N–H and O–H groups in total. The van der Waals surface area contributed by atoms with Crippen LogP contribution in [0.25, 0.3) is 0 Å². The Morgan fingerprint density at radius 3 is 2.52 bits per heavy atom. The highest BCUT2D eigenvalue weighted by molar-refractivity contribution is 5.95. The van der Waals surface area contributed by atoms with Crippen LogP contribution in [-0.2, 0) is 7.05 Å². The summed E-state index contributed by atoms with van der Waals surface area (Å²) >= 11 is 0. The molecule has 0 fully saturated rings. The van der Waals surface area contributed by atoms with Gasteiger partial charge in [-0.2, -0.15) is 9.49 Å². The molecular weight excluding hydrogens is 307 g/mol. The monoisotopic (exact) mass is 325 g/mol. The van der Waals surface area contributed by atoms with E-state index in [1.165, 1.54) is 7.05 Å². The third-order valence-electron chi connectivity index (χ3n) is 3.52. The van der Waals surface area contributed by atoms with Crippen LogP contribution in [-0.4, -0.2) is 15.7 Å². The van der Waals surface area contributed by atoms with E-state index in [1.54, 1.807) is 0 Å². The second-order valence-electron chi connectivity index (χ2n) is 5.20. The highest BCUT2D eigenvalue weighted by Gasteiger charge is 2.29. The lowest BCUT2D eigenvalue weighted by molar-refractivity contribution is 0.0915. The van der Waals surface area contributed by atoms with E-state index in [1.807, 2.05) is 37.3 Å². The van der Waals surface area contributed by atoms with Gasteiger partial charge in [-0.3, -0.25) is 4.79 Å². The minimum atomic E-state index is -3.02. The summed E-state index contributed by atoms with van der Waals surface area (Å²) in [5.41, 5.74) is -0.698. The first-order valence-corrected chi connectivity index (χ1v) is 7.32. The number of halogens is 3. The number of rotatable bonds is 6. The average molecular weight is 325 g/mol. The number of carbonyl (C=O) groups excluding carboxylic acids is 1. The van der Waals surface area contributed by atoms with E-state index in [4.69, 9.17) is 0 Å². The summed E-state index contributed by atoms with van der Waals surface area (Å²) in [5, 5.41) is 6.02. The lowest BCUT2D eigenvalue weighted by Crippen LogP contribution is -2.29. The highest BCUT2D eigenvalue weighted by atomic mass is 19.3.